The summed E-state index contributed by atoms with van der Waals surface area (Å²) in [7, 11) is 1.86. The summed E-state index contributed by atoms with van der Waals surface area (Å²) >= 11 is 0. The highest BCUT2D eigenvalue weighted by Crippen LogP contribution is 2.10. The second kappa shape index (κ2) is 7.03. The minimum Gasteiger partial charge on any atom is -0.408 e. The van der Waals surface area contributed by atoms with E-state index in [9.17, 15) is 9.59 Å². The number of benzene rings is 1. The van der Waals surface area contributed by atoms with Gasteiger partial charge in [-0.05, 0) is 18.2 Å². The molecule has 0 aliphatic rings. The molecule has 0 saturated carbocycles. The molecule has 0 bridgehead atoms. The van der Waals surface area contributed by atoms with Crippen LogP contribution in [0.25, 0.3) is 11.1 Å². The van der Waals surface area contributed by atoms with Gasteiger partial charge in [-0.3, -0.25) is 9.25 Å². The molecule has 0 fully saturated rings. The predicted octanol–water partition coefficient (Wildman–Crippen LogP) is 0.870. The van der Waals surface area contributed by atoms with Gasteiger partial charge in [0, 0.05) is 45.0 Å². The fourth-order valence-electron chi connectivity index (χ4n) is 2.52. The normalized spacial score (nSPS) is 10.9. The van der Waals surface area contributed by atoms with Crippen LogP contribution in [-0.4, -0.2) is 33.5 Å². The maximum Gasteiger partial charge on any atom is 0.420 e. The molecule has 24 heavy (non-hydrogen) atoms. The molecule has 2 amide bonds. The summed E-state index contributed by atoms with van der Waals surface area (Å²) in [4.78, 5) is 23.6. The molecular formula is C16H19N5O3. The molecule has 126 valence electrons. The summed E-state index contributed by atoms with van der Waals surface area (Å²) in [5.74, 6) is -0.422. The molecule has 0 saturated heterocycles. The van der Waals surface area contributed by atoms with E-state index in [-0.39, 0.29) is 6.03 Å². The smallest absolute Gasteiger partial charge is 0.408 e. The first kappa shape index (κ1) is 15.9. The van der Waals surface area contributed by atoms with Gasteiger partial charge in [-0.2, -0.15) is 5.10 Å². The Morgan fingerprint density at radius 1 is 1.21 bits per heavy atom. The van der Waals surface area contributed by atoms with Gasteiger partial charge < -0.3 is 15.1 Å². The average molecular weight is 329 g/mol. The van der Waals surface area contributed by atoms with Crippen LogP contribution in [0.1, 0.15) is 5.69 Å². The van der Waals surface area contributed by atoms with E-state index in [0.29, 0.717) is 31.6 Å². The lowest BCUT2D eigenvalue weighted by atomic mass is 10.3. The maximum atomic E-state index is 11.8. The molecule has 2 aromatic heterocycles. The Balaban J connectivity index is 1.45. The highest BCUT2D eigenvalue weighted by Gasteiger charge is 2.08. The number of carbonyl (C=O) groups excluding carboxylic acids is 1. The van der Waals surface area contributed by atoms with Crippen molar-refractivity contribution in [3.05, 3.63) is 52.8 Å². The average Bonchev–Trinajstić information content (AvgIpc) is 3.11. The van der Waals surface area contributed by atoms with E-state index in [1.165, 1.54) is 4.57 Å². The second-order valence-electron chi connectivity index (χ2n) is 5.37. The number of fused-ring (bicyclic) bond motifs is 1. The highest BCUT2D eigenvalue weighted by atomic mass is 16.4. The minimum atomic E-state index is -0.422. The lowest BCUT2D eigenvalue weighted by Crippen LogP contribution is -2.38. The predicted molar refractivity (Wildman–Crippen MR) is 88.8 cm³/mol. The van der Waals surface area contributed by atoms with Crippen LogP contribution in [0.15, 0.2) is 45.7 Å². The molecule has 3 aromatic rings. The fourth-order valence-corrected chi connectivity index (χ4v) is 2.52. The van der Waals surface area contributed by atoms with Crippen molar-refractivity contribution in [3.63, 3.8) is 0 Å². The first-order valence-corrected chi connectivity index (χ1v) is 7.72. The van der Waals surface area contributed by atoms with Gasteiger partial charge in [0.05, 0.1) is 5.52 Å². The molecule has 0 aliphatic heterocycles. The zero-order valence-corrected chi connectivity index (χ0v) is 13.4. The third kappa shape index (κ3) is 3.48. The van der Waals surface area contributed by atoms with E-state index in [0.717, 1.165) is 11.2 Å². The van der Waals surface area contributed by atoms with Crippen LogP contribution < -0.4 is 16.4 Å². The van der Waals surface area contributed by atoms with Gasteiger partial charge in [-0.15, -0.1) is 0 Å². The van der Waals surface area contributed by atoms with Gasteiger partial charge in [0.15, 0.2) is 5.58 Å². The van der Waals surface area contributed by atoms with E-state index in [1.54, 1.807) is 16.9 Å². The van der Waals surface area contributed by atoms with Crippen molar-refractivity contribution in [1.29, 1.82) is 0 Å². The molecule has 8 heteroatoms. The maximum absolute atomic E-state index is 11.8. The Morgan fingerprint density at radius 2 is 2.00 bits per heavy atom. The van der Waals surface area contributed by atoms with Crippen LogP contribution >= 0.6 is 0 Å². The SMILES string of the molecule is Cn1nccc1CCNC(=O)NCCn1c(=O)oc2ccccc21. The Hall–Kier alpha value is -3.03. The molecular weight excluding hydrogens is 310 g/mol. The monoisotopic (exact) mass is 329 g/mol. The van der Waals surface area contributed by atoms with E-state index >= 15 is 0 Å². The van der Waals surface area contributed by atoms with E-state index < -0.39 is 5.76 Å². The summed E-state index contributed by atoms with van der Waals surface area (Å²) in [5, 5.41) is 9.58. The Morgan fingerprint density at radius 3 is 2.79 bits per heavy atom. The van der Waals surface area contributed by atoms with Crippen molar-refractivity contribution in [2.24, 2.45) is 7.05 Å². The first-order valence-electron chi connectivity index (χ1n) is 7.72. The molecule has 0 radical (unpaired) electrons. The van der Waals surface area contributed by atoms with Crippen LogP contribution in [0, 0.1) is 0 Å². The van der Waals surface area contributed by atoms with E-state index in [2.05, 4.69) is 15.7 Å². The van der Waals surface area contributed by atoms with Gasteiger partial charge in [0.2, 0.25) is 0 Å². The van der Waals surface area contributed by atoms with Gasteiger partial charge in [0.25, 0.3) is 0 Å². The molecule has 0 unspecified atom stereocenters. The van der Waals surface area contributed by atoms with Crippen molar-refractivity contribution in [2.45, 2.75) is 13.0 Å². The van der Waals surface area contributed by atoms with Crippen LogP contribution in [0.2, 0.25) is 0 Å². The number of nitrogens with zero attached hydrogens (tertiary/aromatic N) is 3. The van der Waals surface area contributed by atoms with Gasteiger partial charge >= 0.3 is 11.8 Å². The van der Waals surface area contributed by atoms with Crippen molar-refractivity contribution < 1.29 is 9.21 Å². The van der Waals surface area contributed by atoms with Gasteiger partial charge in [-0.25, -0.2) is 9.59 Å². The Kier molecular flexibility index (Phi) is 4.64. The first-order chi connectivity index (χ1) is 11.6. The third-order valence-electron chi connectivity index (χ3n) is 3.78. The number of amides is 2. The van der Waals surface area contributed by atoms with Crippen LogP contribution in [0.5, 0.6) is 0 Å². The number of oxazole rings is 1. The van der Waals surface area contributed by atoms with Crippen LogP contribution in [0.4, 0.5) is 4.79 Å². The van der Waals surface area contributed by atoms with Crippen molar-refractivity contribution in [1.82, 2.24) is 25.0 Å². The number of hydrogen-bond acceptors (Lipinski definition) is 4. The number of para-hydroxylation sites is 2. The molecule has 0 spiro atoms. The number of nitrogens with one attached hydrogen (secondary N) is 2. The summed E-state index contributed by atoms with van der Waals surface area (Å²) in [6, 6.07) is 8.85. The van der Waals surface area contributed by atoms with Gasteiger partial charge in [-0.1, -0.05) is 12.1 Å². The molecule has 3 rings (SSSR count). The number of aromatic nitrogens is 3. The van der Waals surface area contributed by atoms with Crippen molar-refractivity contribution in [2.75, 3.05) is 13.1 Å². The number of rotatable bonds is 6. The zero-order valence-electron chi connectivity index (χ0n) is 13.4. The molecule has 1 aromatic carbocycles. The minimum absolute atomic E-state index is 0.266. The third-order valence-corrected chi connectivity index (χ3v) is 3.78. The van der Waals surface area contributed by atoms with E-state index in [1.807, 2.05) is 31.3 Å². The second-order valence-corrected chi connectivity index (χ2v) is 5.37. The Labute approximate surface area is 138 Å². The summed E-state index contributed by atoms with van der Waals surface area (Å²) < 4.78 is 8.42. The number of hydrogen-bond donors (Lipinski definition) is 2. The van der Waals surface area contributed by atoms with E-state index in [4.69, 9.17) is 4.42 Å². The fraction of sp³-hybridized carbons (Fsp3) is 0.312. The topological polar surface area (TPSA) is 94.1 Å². The summed E-state index contributed by atoms with van der Waals surface area (Å²) in [6.45, 7) is 1.20. The molecule has 0 atom stereocenters. The number of urea groups is 1. The zero-order chi connectivity index (χ0) is 16.9. The van der Waals surface area contributed by atoms with Crippen LogP contribution in [-0.2, 0) is 20.0 Å². The number of aryl methyl sites for hydroxylation is 1. The summed E-state index contributed by atoms with van der Waals surface area (Å²) in [6.07, 6.45) is 2.43. The number of carbonyl (C=O) groups is 1. The quantitative estimate of drug-likeness (QED) is 0.701. The van der Waals surface area contributed by atoms with Crippen molar-refractivity contribution >= 4 is 17.1 Å². The molecule has 0 aliphatic carbocycles. The van der Waals surface area contributed by atoms with Gasteiger partial charge in [0.1, 0.15) is 0 Å². The molecule has 2 heterocycles. The van der Waals surface area contributed by atoms with Crippen molar-refractivity contribution in [3.8, 4) is 0 Å². The molecule has 8 nitrogen and oxygen atoms in total. The van der Waals surface area contributed by atoms with Crippen LogP contribution in [0.3, 0.4) is 0 Å². The highest BCUT2D eigenvalue weighted by molar-refractivity contribution is 5.74. The molecule has 2 N–H and O–H groups in total. The lowest BCUT2D eigenvalue weighted by molar-refractivity contribution is 0.240. The Bertz CT molecular complexity index is 892. The largest absolute Gasteiger partial charge is 0.420 e. The standard InChI is InChI=1S/C16H19N5O3/c1-20-12(7-9-19-20)6-8-17-15(22)18-10-11-21-13-4-2-3-5-14(13)24-16(21)23/h2-5,7,9H,6,8,10-11H2,1H3,(H2,17,18,22). The lowest BCUT2D eigenvalue weighted by Gasteiger charge is -2.08. The summed E-state index contributed by atoms with van der Waals surface area (Å²) in [5.41, 5.74) is 2.32.